The highest BCUT2D eigenvalue weighted by molar-refractivity contribution is 5.98. The van der Waals surface area contributed by atoms with E-state index in [9.17, 15) is 9.59 Å². The Bertz CT molecular complexity index is 480. The molecule has 3 N–H and O–H groups in total. The average molecular weight is 250 g/mol. The highest BCUT2D eigenvalue weighted by Gasteiger charge is 2.26. The first kappa shape index (κ1) is 12.6. The predicted octanol–water partition coefficient (Wildman–Crippen LogP) is -0.442. The second-order valence-electron chi connectivity index (χ2n) is 4.64. The van der Waals surface area contributed by atoms with Gasteiger partial charge in [0.1, 0.15) is 5.69 Å². The Kier molecular flexibility index (Phi) is 3.38. The molecule has 1 saturated heterocycles. The van der Waals surface area contributed by atoms with Gasteiger partial charge in [0.25, 0.3) is 5.91 Å². The molecule has 2 rings (SSSR count). The molecule has 0 aromatic carbocycles. The molecule has 2 amide bonds. The summed E-state index contributed by atoms with van der Waals surface area (Å²) in [5.74, 6) is -0.572. The third kappa shape index (κ3) is 2.24. The van der Waals surface area contributed by atoms with Gasteiger partial charge in [-0.1, -0.05) is 0 Å². The molecule has 1 aliphatic heterocycles. The van der Waals surface area contributed by atoms with Crippen LogP contribution in [0.2, 0.25) is 0 Å². The summed E-state index contributed by atoms with van der Waals surface area (Å²) in [7, 11) is 1.74. The quantitative estimate of drug-likeness (QED) is 0.746. The fraction of sp³-hybridized carbons (Fsp3) is 0.500. The molecular weight excluding hydrogens is 232 g/mol. The van der Waals surface area contributed by atoms with E-state index in [-0.39, 0.29) is 11.9 Å². The Morgan fingerprint density at radius 1 is 1.50 bits per heavy atom. The lowest BCUT2D eigenvalue weighted by Crippen LogP contribution is -2.52. The minimum Gasteiger partial charge on any atom is -0.366 e. The van der Waals surface area contributed by atoms with Crippen LogP contribution in [0.25, 0.3) is 0 Å². The van der Waals surface area contributed by atoms with Crippen molar-refractivity contribution in [3.63, 3.8) is 0 Å². The molecule has 6 nitrogen and oxygen atoms in total. The van der Waals surface area contributed by atoms with E-state index < -0.39 is 5.91 Å². The van der Waals surface area contributed by atoms with Gasteiger partial charge in [-0.3, -0.25) is 9.59 Å². The molecule has 2 heterocycles. The van der Waals surface area contributed by atoms with Crippen LogP contribution in [0.4, 0.5) is 0 Å². The van der Waals surface area contributed by atoms with Gasteiger partial charge in [-0.15, -0.1) is 0 Å². The van der Waals surface area contributed by atoms with Crippen molar-refractivity contribution in [2.24, 2.45) is 12.8 Å². The van der Waals surface area contributed by atoms with Crippen molar-refractivity contribution in [2.45, 2.75) is 13.0 Å². The Morgan fingerprint density at radius 3 is 2.78 bits per heavy atom. The fourth-order valence-corrected chi connectivity index (χ4v) is 2.20. The molecule has 18 heavy (non-hydrogen) atoms. The fourth-order valence-electron chi connectivity index (χ4n) is 2.20. The molecule has 1 atom stereocenters. The second-order valence-corrected chi connectivity index (χ2v) is 4.64. The van der Waals surface area contributed by atoms with Gasteiger partial charge in [-0.2, -0.15) is 0 Å². The van der Waals surface area contributed by atoms with Gasteiger partial charge in [0, 0.05) is 38.9 Å². The van der Waals surface area contributed by atoms with Gasteiger partial charge in [-0.05, 0) is 13.0 Å². The number of carbonyl (C=O) groups excluding carboxylic acids is 2. The number of carbonyl (C=O) groups is 2. The number of nitrogens with zero attached hydrogens (tertiary/aromatic N) is 2. The standard InChI is InChI=1S/C12H18N4O2/c1-8-6-14-3-4-16(8)12(18)10-5-9(11(13)17)7-15(10)2/h5,7-8,14H,3-4,6H2,1-2H3,(H2,13,17)/t8-/m0/s1. The number of aromatic nitrogens is 1. The topological polar surface area (TPSA) is 80.4 Å². The maximum Gasteiger partial charge on any atom is 0.270 e. The number of hydrogen-bond donors (Lipinski definition) is 2. The highest BCUT2D eigenvalue weighted by Crippen LogP contribution is 2.13. The zero-order valence-corrected chi connectivity index (χ0v) is 10.6. The third-order valence-electron chi connectivity index (χ3n) is 3.27. The Hall–Kier alpha value is -1.82. The summed E-state index contributed by atoms with van der Waals surface area (Å²) in [6.45, 7) is 4.26. The maximum absolute atomic E-state index is 12.4. The monoisotopic (exact) mass is 250 g/mol. The van der Waals surface area contributed by atoms with Crippen LogP contribution in [0.15, 0.2) is 12.3 Å². The van der Waals surface area contributed by atoms with Crippen LogP contribution < -0.4 is 11.1 Å². The number of nitrogens with one attached hydrogen (secondary N) is 1. The van der Waals surface area contributed by atoms with Crippen molar-refractivity contribution in [2.75, 3.05) is 19.6 Å². The largest absolute Gasteiger partial charge is 0.366 e. The third-order valence-corrected chi connectivity index (χ3v) is 3.27. The highest BCUT2D eigenvalue weighted by atomic mass is 16.2. The van der Waals surface area contributed by atoms with Gasteiger partial charge >= 0.3 is 0 Å². The lowest BCUT2D eigenvalue weighted by Gasteiger charge is -2.34. The van der Waals surface area contributed by atoms with Crippen LogP contribution in [-0.4, -0.2) is 47.0 Å². The molecule has 1 aromatic rings. The molecule has 0 saturated carbocycles. The lowest BCUT2D eigenvalue weighted by molar-refractivity contribution is 0.0646. The van der Waals surface area contributed by atoms with E-state index in [1.807, 2.05) is 11.8 Å². The number of primary amides is 1. The molecule has 1 aromatic heterocycles. The van der Waals surface area contributed by atoms with Crippen LogP contribution in [0.3, 0.4) is 0 Å². The summed E-state index contributed by atoms with van der Waals surface area (Å²) in [6.07, 6.45) is 1.59. The van der Waals surface area contributed by atoms with Crippen molar-refractivity contribution >= 4 is 11.8 Å². The first-order valence-corrected chi connectivity index (χ1v) is 5.98. The Balaban J connectivity index is 2.25. The molecule has 1 fully saturated rings. The zero-order chi connectivity index (χ0) is 13.3. The average Bonchev–Trinajstić information content (AvgIpc) is 2.71. The summed E-state index contributed by atoms with van der Waals surface area (Å²) < 4.78 is 1.65. The normalized spacial score (nSPS) is 19.9. The van der Waals surface area contributed by atoms with E-state index in [1.165, 1.54) is 0 Å². The number of hydrogen-bond acceptors (Lipinski definition) is 3. The molecule has 0 aliphatic carbocycles. The molecule has 0 spiro atoms. The molecule has 0 radical (unpaired) electrons. The smallest absolute Gasteiger partial charge is 0.270 e. The molecule has 98 valence electrons. The van der Waals surface area contributed by atoms with Crippen LogP contribution in [-0.2, 0) is 7.05 Å². The minimum atomic E-state index is -0.516. The van der Waals surface area contributed by atoms with Crippen LogP contribution in [0, 0.1) is 0 Å². The Morgan fingerprint density at radius 2 is 2.22 bits per heavy atom. The van der Waals surface area contributed by atoms with Gasteiger partial charge in [0.2, 0.25) is 5.91 Å². The number of nitrogens with two attached hydrogens (primary N) is 1. The number of piperazine rings is 1. The molecular formula is C12H18N4O2. The number of aryl methyl sites for hydroxylation is 1. The van der Waals surface area contributed by atoms with Crippen LogP contribution in [0.1, 0.15) is 27.8 Å². The van der Waals surface area contributed by atoms with Crippen molar-refractivity contribution in [3.05, 3.63) is 23.5 Å². The maximum atomic E-state index is 12.4. The van der Waals surface area contributed by atoms with Crippen molar-refractivity contribution in [1.29, 1.82) is 0 Å². The first-order chi connectivity index (χ1) is 8.50. The summed E-state index contributed by atoms with van der Waals surface area (Å²) in [5.41, 5.74) is 6.08. The van der Waals surface area contributed by atoms with E-state index in [0.717, 1.165) is 13.1 Å². The lowest BCUT2D eigenvalue weighted by atomic mass is 10.2. The summed E-state index contributed by atoms with van der Waals surface area (Å²) >= 11 is 0. The Labute approximate surface area is 106 Å². The van der Waals surface area contributed by atoms with E-state index in [0.29, 0.717) is 17.8 Å². The van der Waals surface area contributed by atoms with Gasteiger partial charge in [-0.25, -0.2) is 0 Å². The second kappa shape index (κ2) is 4.81. The van der Waals surface area contributed by atoms with Gasteiger partial charge in [0.05, 0.1) is 5.56 Å². The summed E-state index contributed by atoms with van der Waals surface area (Å²) in [6, 6.07) is 1.71. The number of rotatable bonds is 2. The molecule has 6 heteroatoms. The van der Waals surface area contributed by atoms with Crippen molar-refractivity contribution < 1.29 is 9.59 Å². The summed E-state index contributed by atoms with van der Waals surface area (Å²) in [4.78, 5) is 25.3. The predicted molar refractivity (Wildman–Crippen MR) is 67.3 cm³/mol. The SMILES string of the molecule is C[C@H]1CNCCN1C(=O)c1cc(C(N)=O)cn1C. The van der Waals surface area contributed by atoms with E-state index in [4.69, 9.17) is 5.73 Å². The van der Waals surface area contributed by atoms with Gasteiger partial charge in [0.15, 0.2) is 0 Å². The van der Waals surface area contributed by atoms with Crippen molar-refractivity contribution in [1.82, 2.24) is 14.8 Å². The molecule has 0 unspecified atom stereocenters. The van der Waals surface area contributed by atoms with E-state index in [1.54, 1.807) is 23.9 Å². The minimum absolute atomic E-state index is 0.0565. The van der Waals surface area contributed by atoms with Crippen molar-refractivity contribution in [3.8, 4) is 0 Å². The van der Waals surface area contributed by atoms with E-state index >= 15 is 0 Å². The first-order valence-electron chi connectivity index (χ1n) is 5.98. The molecule has 1 aliphatic rings. The zero-order valence-electron chi connectivity index (χ0n) is 10.6. The number of amides is 2. The van der Waals surface area contributed by atoms with Crippen LogP contribution in [0.5, 0.6) is 0 Å². The summed E-state index contributed by atoms with van der Waals surface area (Å²) in [5, 5.41) is 3.23. The molecule has 0 bridgehead atoms. The van der Waals surface area contributed by atoms with Gasteiger partial charge < -0.3 is 20.5 Å². The van der Waals surface area contributed by atoms with Crippen LogP contribution >= 0.6 is 0 Å². The van der Waals surface area contributed by atoms with E-state index in [2.05, 4.69) is 5.32 Å².